The molecule has 0 aliphatic carbocycles. The van der Waals surface area contributed by atoms with Crippen molar-refractivity contribution in [2.24, 2.45) is 0 Å². The van der Waals surface area contributed by atoms with Gasteiger partial charge in [0.25, 0.3) is 0 Å². The molecule has 3 heteroatoms. The smallest absolute Gasteiger partial charge is 0.218 e. The Morgan fingerprint density at radius 2 is 1.74 bits per heavy atom. The van der Waals surface area contributed by atoms with Crippen LogP contribution in [0, 0.1) is 13.8 Å². The minimum absolute atomic E-state index is 0.244. The first-order valence-corrected chi connectivity index (χ1v) is 8.05. The van der Waals surface area contributed by atoms with Crippen LogP contribution in [0.25, 0.3) is 16.9 Å². The molecule has 0 aliphatic heterocycles. The molecule has 0 saturated heterocycles. The third kappa shape index (κ3) is 2.87. The predicted molar refractivity (Wildman–Crippen MR) is 94.1 cm³/mol. The van der Waals surface area contributed by atoms with Crippen LogP contribution in [-0.4, -0.2) is 14.9 Å². The molecule has 0 atom stereocenters. The Balaban J connectivity index is 2.17. The zero-order valence-corrected chi connectivity index (χ0v) is 13.9. The van der Waals surface area contributed by atoms with Crippen molar-refractivity contribution in [3.05, 3.63) is 65.2 Å². The maximum absolute atomic E-state index is 10.7. The third-order valence-corrected chi connectivity index (χ3v) is 4.24. The SMILES string of the molecule is CCCc1c(-c2ccccc2)nn(-c2ccc(C)c(C)c2)c1O. The number of rotatable bonds is 4. The fraction of sp³-hybridized carbons (Fsp3) is 0.250. The van der Waals surface area contributed by atoms with Gasteiger partial charge in [0.05, 0.1) is 11.4 Å². The molecule has 0 aliphatic rings. The molecule has 3 rings (SSSR count). The second kappa shape index (κ2) is 6.29. The predicted octanol–water partition coefficient (Wildman–Crippen LogP) is 4.81. The van der Waals surface area contributed by atoms with Crippen molar-refractivity contribution < 1.29 is 5.11 Å². The molecule has 118 valence electrons. The highest BCUT2D eigenvalue weighted by atomic mass is 16.3. The summed E-state index contributed by atoms with van der Waals surface area (Å²) in [6, 6.07) is 16.2. The lowest BCUT2D eigenvalue weighted by molar-refractivity contribution is 0.427. The van der Waals surface area contributed by atoms with Crippen LogP contribution >= 0.6 is 0 Å². The molecule has 0 amide bonds. The van der Waals surface area contributed by atoms with Gasteiger partial charge in [0.15, 0.2) is 0 Å². The topological polar surface area (TPSA) is 38.0 Å². The summed E-state index contributed by atoms with van der Waals surface area (Å²) in [5.74, 6) is 0.244. The molecule has 0 bridgehead atoms. The van der Waals surface area contributed by atoms with Crippen molar-refractivity contribution in [3.63, 3.8) is 0 Å². The maximum atomic E-state index is 10.7. The molecule has 0 radical (unpaired) electrons. The van der Waals surface area contributed by atoms with Gasteiger partial charge >= 0.3 is 0 Å². The minimum Gasteiger partial charge on any atom is -0.493 e. The molecular weight excluding hydrogens is 284 g/mol. The minimum atomic E-state index is 0.244. The Labute approximate surface area is 137 Å². The normalized spacial score (nSPS) is 10.9. The number of benzene rings is 2. The van der Waals surface area contributed by atoms with Gasteiger partial charge in [-0.05, 0) is 43.5 Å². The highest BCUT2D eigenvalue weighted by molar-refractivity contribution is 5.66. The lowest BCUT2D eigenvalue weighted by Gasteiger charge is -2.06. The molecular formula is C20H22N2O. The summed E-state index contributed by atoms with van der Waals surface area (Å²) in [5.41, 5.74) is 6.13. The largest absolute Gasteiger partial charge is 0.493 e. The zero-order valence-electron chi connectivity index (χ0n) is 13.9. The highest BCUT2D eigenvalue weighted by Crippen LogP contribution is 2.33. The number of hydrogen-bond acceptors (Lipinski definition) is 2. The van der Waals surface area contributed by atoms with E-state index in [1.165, 1.54) is 11.1 Å². The zero-order chi connectivity index (χ0) is 16.4. The summed E-state index contributed by atoms with van der Waals surface area (Å²) >= 11 is 0. The summed E-state index contributed by atoms with van der Waals surface area (Å²) in [7, 11) is 0. The van der Waals surface area contributed by atoms with Gasteiger partial charge in [-0.25, -0.2) is 4.68 Å². The number of hydrogen-bond donors (Lipinski definition) is 1. The quantitative estimate of drug-likeness (QED) is 0.751. The summed E-state index contributed by atoms with van der Waals surface area (Å²) < 4.78 is 1.65. The van der Waals surface area contributed by atoms with E-state index in [0.717, 1.165) is 35.3 Å². The van der Waals surface area contributed by atoms with Crippen molar-refractivity contribution in [2.75, 3.05) is 0 Å². The molecule has 0 spiro atoms. The van der Waals surface area contributed by atoms with Gasteiger partial charge in [-0.2, -0.15) is 5.10 Å². The molecule has 1 heterocycles. The van der Waals surface area contributed by atoms with Crippen molar-refractivity contribution in [3.8, 4) is 22.8 Å². The van der Waals surface area contributed by atoms with Crippen LogP contribution in [0.1, 0.15) is 30.0 Å². The van der Waals surface area contributed by atoms with Gasteiger partial charge in [0.1, 0.15) is 0 Å². The first-order chi connectivity index (χ1) is 11.1. The Morgan fingerprint density at radius 3 is 2.39 bits per heavy atom. The Hall–Kier alpha value is -2.55. The lowest BCUT2D eigenvalue weighted by Crippen LogP contribution is -1.97. The molecule has 1 aromatic heterocycles. The van der Waals surface area contributed by atoms with Crippen LogP contribution in [0.15, 0.2) is 48.5 Å². The fourth-order valence-electron chi connectivity index (χ4n) is 2.79. The number of aromatic hydroxyl groups is 1. The summed E-state index contributed by atoms with van der Waals surface area (Å²) in [6.45, 7) is 6.27. The van der Waals surface area contributed by atoms with E-state index >= 15 is 0 Å². The van der Waals surface area contributed by atoms with E-state index in [9.17, 15) is 5.11 Å². The van der Waals surface area contributed by atoms with Gasteiger partial charge in [0, 0.05) is 11.1 Å². The van der Waals surface area contributed by atoms with Crippen LogP contribution in [0.3, 0.4) is 0 Å². The van der Waals surface area contributed by atoms with Crippen molar-refractivity contribution in [1.82, 2.24) is 9.78 Å². The van der Waals surface area contributed by atoms with Crippen molar-refractivity contribution in [1.29, 1.82) is 0 Å². The molecule has 0 saturated carbocycles. The Bertz CT molecular complexity index is 819. The van der Waals surface area contributed by atoms with E-state index in [0.29, 0.717) is 0 Å². The van der Waals surface area contributed by atoms with Crippen LogP contribution in [0.4, 0.5) is 0 Å². The number of aryl methyl sites for hydroxylation is 2. The monoisotopic (exact) mass is 306 g/mol. The summed E-state index contributed by atoms with van der Waals surface area (Å²) in [5, 5.41) is 15.4. The Kier molecular flexibility index (Phi) is 4.20. The Morgan fingerprint density at radius 1 is 1.00 bits per heavy atom. The molecule has 0 fully saturated rings. The molecule has 1 N–H and O–H groups in total. The molecule has 2 aromatic carbocycles. The first kappa shape index (κ1) is 15.3. The lowest BCUT2D eigenvalue weighted by atomic mass is 10.0. The van der Waals surface area contributed by atoms with E-state index in [4.69, 9.17) is 5.10 Å². The van der Waals surface area contributed by atoms with Crippen LogP contribution in [0.2, 0.25) is 0 Å². The summed E-state index contributed by atoms with van der Waals surface area (Å²) in [4.78, 5) is 0. The van der Waals surface area contributed by atoms with E-state index in [2.05, 4.69) is 32.9 Å². The third-order valence-electron chi connectivity index (χ3n) is 4.24. The van der Waals surface area contributed by atoms with E-state index in [1.807, 2.05) is 36.4 Å². The highest BCUT2D eigenvalue weighted by Gasteiger charge is 2.19. The first-order valence-electron chi connectivity index (χ1n) is 8.05. The van der Waals surface area contributed by atoms with Gasteiger partial charge in [0.2, 0.25) is 5.88 Å². The number of nitrogens with zero attached hydrogens (tertiary/aromatic N) is 2. The average Bonchev–Trinajstić information content (AvgIpc) is 2.89. The van der Waals surface area contributed by atoms with Crippen LogP contribution < -0.4 is 0 Å². The van der Waals surface area contributed by atoms with E-state index < -0.39 is 0 Å². The van der Waals surface area contributed by atoms with Gasteiger partial charge < -0.3 is 5.11 Å². The van der Waals surface area contributed by atoms with Crippen molar-refractivity contribution >= 4 is 0 Å². The summed E-state index contributed by atoms with van der Waals surface area (Å²) in [6.07, 6.45) is 1.77. The maximum Gasteiger partial charge on any atom is 0.218 e. The molecule has 0 unspecified atom stereocenters. The standard InChI is InChI=1S/C20H22N2O/c1-4-8-18-19(16-9-6-5-7-10-16)21-22(20(18)23)17-12-11-14(2)15(3)13-17/h5-7,9-13,23H,4,8H2,1-3H3. The van der Waals surface area contributed by atoms with Gasteiger partial charge in [-0.3, -0.25) is 0 Å². The van der Waals surface area contributed by atoms with Gasteiger partial charge in [-0.1, -0.05) is 49.7 Å². The number of aromatic nitrogens is 2. The molecule has 3 aromatic rings. The second-order valence-corrected chi connectivity index (χ2v) is 5.95. The van der Waals surface area contributed by atoms with Gasteiger partial charge in [-0.15, -0.1) is 0 Å². The van der Waals surface area contributed by atoms with Crippen LogP contribution in [0.5, 0.6) is 5.88 Å². The fourth-order valence-corrected chi connectivity index (χ4v) is 2.79. The average molecular weight is 306 g/mol. The van der Waals surface area contributed by atoms with Crippen LogP contribution in [-0.2, 0) is 6.42 Å². The molecule has 23 heavy (non-hydrogen) atoms. The van der Waals surface area contributed by atoms with E-state index in [-0.39, 0.29) is 5.88 Å². The second-order valence-electron chi connectivity index (χ2n) is 5.95. The molecule has 3 nitrogen and oxygen atoms in total. The van der Waals surface area contributed by atoms with E-state index in [1.54, 1.807) is 4.68 Å². The van der Waals surface area contributed by atoms with Crippen molar-refractivity contribution in [2.45, 2.75) is 33.6 Å².